The zero-order valence-electron chi connectivity index (χ0n) is 20.5. The van der Waals surface area contributed by atoms with E-state index in [-0.39, 0.29) is 23.8 Å². The summed E-state index contributed by atoms with van der Waals surface area (Å²) in [5.41, 5.74) is 2.97. The zero-order valence-corrected chi connectivity index (χ0v) is 22.7. The highest BCUT2D eigenvalue weighted by Gasteiger charge is 2.34. The number of furan rings is 1. The molecule has 1 aliphatic rings. The van der Waals surface area contributed by atoms with E-state index in [1.54, 1.807) is 12.1 Å². The number of esters is 1. The van der Waals surface area contributed by atoms with E-state index < -0.39 is 17.9 Å². The number of aryl methyl sites for hydroxylation is 1. The van der Waals surface area contributed by atoms with Gasteiger partial charge < -0.3 is 23.9 Å². The molecule has 37 heavy (non-hydrogen) atoms. The molecular formula is C27H25IN2O7. The van der Waals surface area contributed by atoms with Crippen LogP contribution in [0.5, 0.6) is 11.5 Å². The van der Waals surface area contributed by atoms with Gasteiger partial charge in [-0.1, -0.05) is 29.8 Å². The third kappa shape index (κ3) is 6.13. The third-order valence-electron chi connectivity index (χ3n) is 5.47. The molecule has 1 fully saturated rings. The van der Waals surface area contributed by atoms with Gasteiger partial charge in [-0.3, -0.25) is 9.69 Å². The topological polar surface area (TPSA) is 107 Å². The van der Waals surface area contributed by atoms with Crippen LogP contribution < -0.4 is 14.8 Å². The predicted molar refractivity (Wildman–Crippen MR) is 143 cm³/mol. The Morgan fingerprint density at radius 3 is 2.57 bits per heavy atom. The highest BCUT2D eigenvalue weighted by Crippen LogP contribution is 2.36. The Morgan fingerprint density at radius 1 is 1.11 bits per heavy atom. The van der Waals surface area contributed by atoms with E-state index in [0.717, 1.165) is 14.0 Å². The number of imide groups is 1. The Bertz CT molecular complexity index is 1360. The van der Waals surface area contributed by atoms with E-state index in [1.165, 1.54) is 24.8 Å². The van der Waals surface area contributed by atoms with E-state index in [4.69, 9.17) is 13.9 Å². The smallest absolute Gasteiger partial charge is 0.373 e. The Hall–Kier alpha value is -3.80. The Kier molecular flexibility index (Phi) is 8.17. The maximum absolute atomic E-state index is 13.0. The van der Waals surface area contributed by atoms with Crippen molar-refractivity contribution in [3.63, 3.8) is 0 Å². The van der Waals surface area contributed by atoms with Gasteiger partial charge in [0, 0.05) is 0 Å². The molecule has 0 saturated carbocycles. The van der Waals surface area contributed by atoms with Gasteiger partial charge in [0.05, 0.1) is 23.8 Å². The SMILES string of the molecule is CCOc1cc(/C=C2\NC(=O)N(Cc3ccc(C(=O)OC)o3)C2=O)cc(I)c1OCc1ccc(C)cc1. The van der Waals surface area contributed by atoms with Crippen LogP contribution in [0.4, 0.5) is 4.79 Å². The van der Waals surface area contributed by atoms with Gasteiger partial charge in [0.1, 0.15) is 18.1 Å². The number of nitrogens with zero attached hydrogens (tertiary/aromatic N) is 1. The van der Waals surface area contributed by atoms with Crippen LogP contribution in [0, 0.1) is 10.5 Å². The second-order valence-electron chi connectivity index (χ2n) is 8.17. The summed E-state index contributed by atoms with van der Waals surface area (Å²) in [6.45, 7) is 4.58. The summed E-state index contributed by atoms with van der Waals surface area (Å²) in [6, 6.07) is 14.0. The third-order valence-corrected chi connectivity index (χ3v) is 6.27. The van der Waals surface area contributed by atoms with Crippen molar-refractivity contribution in [2.45, 2.75) is 27.0 Å². The van der Waals surface area contributed by atoms with Crippen molar-refractivity contribution >= 4 is 46.6 Å². The van der Waals surface area contributed by atoms with Gasteiger partial charge >= 0.3 is 12.0 Å². The fourth-order valence-corrected chi connectivity index (χ4v) is 4.41. The first kappa shape index (κ1) is 26.3. The quantitative estimate of drug-likeness (QED) is 0.155. The molecule has 2 aromatic carbocycles. The largest absolute Gasteiger partial charge is 0.490 e. The molecule has 0 aliphatic carbocycles. The summed E-state index contributed by atoms with van der Waals surface area (Å²) in [4.78, 5) is 38.0. The van der Waals surface area contributed by atoms with E-state index in [9.17, 15) is 14.4 Å². The number of urea groups is 1. The zero-order chi connectivity index (χ0) is 26.5. The molecule has 3 aromatic rings. The van der Waals surface area contributed by atoms with Gasteiger partial charge in [0.2, 0.25) is 5.76 Å². The van der Waals surface area contributed by atoms with Crippen molar-refractivity contribution < 1.29 is 33.0 Å². The van der Waals surface area contributed by atoms with Crippen LogP contribution in [0.25, 0.3) is 6.08 Å². The molecule has 0 atom stereocenters. The molecule has 1 aliphatic heterocycles. The number of rotatable bonds is 9. The molecule has 10 heteroatoms. The summed E-state index contributed by atoms with van der Waals surface area (Å²) in [6.07, 6.45) is 1.58. The van der Waals surface area contributed by atoms with Crippen molar-refractivity contribution in [1.29, 1.82) is 0 Å². The molecule has 1 saturated heterocycles. The summed E-state index contributed by atoms with van der Waals surface area (Å²) in [5.74, 6) is 0.237. The lowest BCUT2D eigenvalue weighted by Crippen LogP contribution is -2.30. The summed E-state index contributed by atoms with van der Waals surface area (Å²) in [7, 11) is 1.24. The number of methoxy groups -OCH3 is 1. The first-order chi connectivity index (χ1) is 17.8. The normalized spacial score (nSPS) is 14.2. The molecule has 9 nitrogen and oxygen atoms in total. The minimum absolute atomic E-state index is 0.0111. The van der Waals surface area contributed by atoms with Crippen LogP contribution in [0.15, 0.2) is 58.6 Å². The minimum Gasteiger partial charge on any atom is -0.490 e. The molecule has 3 amide bonds. The Morgan fingerprint density at radius 2 is 1.86 bits per heavy atom. The fourth-order valence-electron chi connectivity index (χ4n) is 3.62. The Balaban J connectivity index is 1.52. The Labute approximate surface area is 227 Å². The number of carbonyl (C=O) groups excluding carboxylic acids is 3. The average molecular weight is 616 g/mol. The summed E-state index contributed by atoms with van der Waals surface area (Å²) >= 11 is 2.16. The van der Waals surface area contributed by atoms with Crippen LogP contribution in [-0.4, -0.2) is 36.5 Å². The van der Waals surface area contributed by atoms with Gasteiger partial charge in [-0.05, 0) is 77.9 Å². The lowest BCUT2D eigenvalue weighted by atomic mass is 10.1. The van der Waals surface area contributed by atoms with Crippen molar-refractivity contribution in [3.8, 4) is 11.5 Å². The molecule has 0 spiro atoms. The summed E-state index contributed by atoms with van der Waals surface area (Å²) in [5, 5.41) is 2.59. The maximum atomic E-state index is 13.0. The number of hydrogen-bond acceptors (Lipinski definition) is 7. The van der Waals surface area contributed by atoms with Gasteiger partial charge in [-0.25, -0.2) is 9.59 Å². The van der Waals surface area contributed by atoms with Crippen molar-refractivity contribution in [2.75, 3.05) is 13.7 Å². The van der Waals surface area contributed by atoms with Gasteiger partial charge in [0.25, 0.3) is 5.91 Å². The van der Waals surface area contributed by atoms with E-state index >= 15 is 0 Å². The molecule has 192 valence electrons. The molecule has 1 aromatic heterocycles. The predicted octanol–water partition coefficient (Wildman–Crippen LogP) is 5.05. The maximum Gasteiger partial charge on any atom is 0.373 e. The highest BCUT2D eigenvalue weighted by molar-refractivity contribution is 14.1. The number of nitrogens with one attached hydrogen (secondary N) is 1. The number of carbonyl (C=O) groups is 3. The van der Waals surface area contributed by atoms with E-state index in [2.05, 4.69) is 32.6 Å². The van der Waals surface area contributed by atoms with Crippen LogP contribution in [0.2, 0.25) is 0 Å². The number of benzene rings is 2. The van der Waals surface area contributed by atoms with Crippen LogP contribution in [0.3, 0.4) is 0 Å². The molecule has 0 unspecified atom stereocenters. The fraction of sp³-hybridized carbons (Fsp3) is 0.222. The van der Waals surface area contributed by atoms with Gasteiger partial charge in [-0.15, -0.1) is 0 Å². The number of halogens is 1. The lowest BCUT2D eigenvalue weighted by molar-refractivity contribution is -0.123. The number of hydrogen-bond donors (Lipinski definition) is 1. The van der Waals surface area contributed by atoms with Crippen LogP contribution >= 0.6 is 22.6 Å². The van der Waals surface area contributed by atoms with Crippen molar-refractivity contribution in [3.05, 3.63) is 86.0 Å². The molecule has 0 bridgehead atoms. The monoisotopic (exact) mass is 616 g/mol. The summed E-state index contributed by atoms with van der Waals surface area (Å²) < 4.78 is 22.7. The first-order valence-corrected chi connectivity index (χ1v) is 12.5. The number of amides is 3. The lowest BCUT2D eigenvalue weighted by Gasteiger charge is -2.15. The molecule has 2 heterocycles. The molecular weight excluding hydrogens is 591 g/mol. The minimum atomic E-state index is -0.643. The standard InChI is InChI=1S/C27H25IN2O7/c1-4-35-23-13-18(11-20(28)24(23)36-15-17-7-5-16(2)6-8-17)12-21-25(31)30(27(33)29-21)14-19-9-10-22(37-19)26(32)34-3/h5-13H,4,14-15H2,1-3H3,(H,29,33)/b21-12-. The van der Waals surface area contributed by atoms with E-state index in [0.29, 0.717) is 30.3 Å². The molecule has 4 rings (SSSR count). The van der Waals surface area contributed by atoms with Crippen molar-refractivity contribution in [2.24, 2.45) is 0 Å². The van der Waals surface area contributed by atoms with Gasteiger partial charge in [0.15, 0.2) is 11.5 Å². The highest BCUT2D eigenvalue weighted by atomic mass is 127. The van der Waals surface area contributed by atoms with Crippen molar-refractivity contribution in [1.82, 2.24) is 10.2 Å². The van der Waals surface area contributed by atoms with Crippen LogP contribution in [-0.2, 0) is 22.7 Å². The number of ether oxygens (including phenoxy) is 3. The molecule has 0 radical (unpaired) electrons. The van der Waals surface area contributed by atoms with E-state index in [1.807, 2.05) is 44.2 Å². The van der Waals surface area contributed by atoms with Gasteiger partial charge in [-0.2, -0.15) is 0 Å². The average Bonchev–Trinajstić information content (AvgIpc) is 3.45. The second-order valence-corrected chi connectivity index (χ2v) is 9.34. The second kappa shape index (κ2) is 11.5. The van der Waals surface area contributed by atoms with Crippen LogP contribution in [0.1, 0.15) is 39.9 Å². The first-order valence-electron chi connectivity index (χ1n) is 11.4. The molecule has 1 N–H and O–H groups in total.